The van der Waals surface area contributed by atoms with E-state index in [9.17, 15) is 10.1 Å². The molecule has 4 nitrogen and oxygen atoms in total. The first-order valence-corrected chi connectivity index (χ1v) is 8.22. The van der Waals surface area contributed by atoms with Crippen molar-refractivity contribution in [1.29, 1.82) is 5.26 Å². The molecule has 1 amide bonds. The number of nitriles is 1. The number of piperidine rings is 1. The summed E-state index contributed by atoms with van der Waals surface area (Å²) in [7, 11) is 0. The van der Waals surface area contributed by atoms with Gasteiger partial charge in [-0.2, -0.15) is 5.26 Å². The van der Waals surface area contributed by atoms with Gasteiger partial charge in [0.25, 0.3) is 0 Å². The van der Waals surface area contributed by atoms with Gasteiger partial charge >= 0.3 is 6.09 Å². The fraction of sp³-hybridized carbons (Fsp3) is 0.529. The van der Waals surface area contributed by atoms with E-state index >= 15 is 0 Å². The van der Waals surface area contributed by atoms with Crippen LogP contribution in [0.4, 0.5) is 4.79 Å². The molecule has 3 rings (SSSR count). The molecule has 2 aliphatic rings. The Morgan fingerprint density at radius 2 is 1.86 bits per heavy atom. The Morgan fingerprint density at radius 3 is 2.32 bits per heavy atom. The second kappa shape index (κ2) is 4.99. The second-order valence-electron chi connectivity index (χ2n) is 7.09. The number of halogens is 1. The molecule has 1 aliphatic heterocycles. The number of carbonyl (C=O) groups excluding carboxylic acids is 1. The molecule has 2 fully saturated rings. The van der Waals surface area contributed by atoms with Crippen molar-refractivity contribution in [1.82, 2.24) is 4.90 Å². The first-order chi connectivity index (χ1) is 10.3. The van der Waals surface area contributed by atoms with Crippen molar-refractivity contribution in [3.63, 3.8) is 0 Å². The molecule has 0 N–H and O–H groups in total. The third-order valence-corrected chi connectivity index (χ3v) is 5.07. The lowest BCUT2D eigenvalue weighted by Crippen LogP contribution is -2.38. The summed E-state index contributed by atoms with van der Waals surface area (Å²) in [6.45, 7) is 6.79. The molecule has 116 valence electrons. The Kier molecular flexibility index (Phi) is 3.48. The number of fused-ring (bicyclic) bond motifs is 1. The van der Waals surface area contributed by atoms with Crippen molar-refractivity contribution in [2.45, 2.75) is 31.8 Å². The summed E-state index contributed by atoms with van der Waals surface area (Å²) in [6, 6.07) is 10.4. The fourth-order valence-electron chi connectivity index (χ4n) is 3.49. The van der Waals surface area contributed by atoms with Gasteiger partial charge in [0.15, 0.2) is 0 Å². The first-order valence-electron chi connectivity index (χ1n) is 7.43. The van der Waals surface area contributed by atoms with Crippen molar-refractivity contribution >= 4 is 22.0 Å². The Balaban J connectivity index is 1.72. The molecule has 2 atom stereocenters. The average molecular weight is 363 g/mol. The number of likely N-dealkylation sites (tertiary alicyclic amines) is 1. The summed E-state index contributed by atoms with van der Waals surface area (Å²) in [6.07, 6.45) is -0.276. The normalized spacial score (nSPS) is 29.7. The molecule has 22 heavy (non-hydrogen) atoms. The summed E-state index contributed by atoms with van der Waals surface area (Å²) in [4.78, 5) is 13.9. The van der Waals surface area contributed by atoms with Gasteiger partial charge in [-0.25, -0.2) is 4.79 Å². The lowest BCUT2D eigenvalue weighted by atomic mass is 9.92. The predicted molar refractivity (Wildman–Crippen MR) is 86.2 cm³/mol. The summed E-state index contributed by atoms with van der Waals surface area (Å²) < 4.78 is 6.42. The summed E-state index contributed by atoms with van der Waals surface area (Å²) in [5, 5.41) is 9.70. The van der Waals surface area contributed by atoms with Gasteiger partial charge in [0.1, 0.15) is 5.60 Å². The Hall–Kier alpha value is -1.54. The fourth-order valence-corrected chi connectivity index (χ4v) is 3.75. The van der Waals surface area contributed by atoms with E-state index in [1.807, 2.05) is 45.0 Å². The number of ether oxygens (including phenoxy) is 1. The number of hydrogen-bond acceptors (Lipinski definition) is 3. The Morgan fingerprint density at radius 1 is 1.32 bits per heavy atom. The van der Waals surface area contributed by atoms with Gasteiger partial charge in [0.2, 0.25) is 0 Å². The van der Waals surface area contributed by atoms with Gasteiger partial charge in [0, 0.05) is 29.4 Å². The van der Waals surface area contributed by atoms with Crippen LogP contribution >= 0.6 is 15.9 Å². The third kappa shape index (κ3) is 2.40. The van der Waals surface area contributed by atoms with E-state index in [2.05, 4.69) is 22.0 Å². The molecule has 0 spiro atoms. The van der Waals surface area contributed by atoms with Gasteiger partial charge in [0.05, 0.1) is 11.5 Å². The van der Waals surface area contributed by atoms with Crippen molar-refractivity contribution in [3.05, 3.63) is 34.3 Å². The summed E-state index contributed by atoms with van der Waals surface area (Å²) in [5.74, 6) is 0.428. The quantitative estimate of drug-likeness (QED) is 0.764. The smallest absolute Gasteiger partial charge is 0.410 e. The van der Waals surface area contributed by atoms with Crippen LogP contribution in [-0.4, -0.2) is 29.7 Å². The molecule has 1 aromatic rings. The SMILES string of the molecule is CC(C)(C)OC(=O)N1CC2C(C1)C2(C#N)c1ccc(Br)cc1. The van der Waals surface area contributed by atoms with Crippen LogP contribution < -0.4 is 0 Å². The van der Waals surface area contributed by atoms with Crippen LogP contribution in [0.2, 0.25) is 0 Å². The van der Waals surface area contributed by atoms with Crippen LogP contribution in [-0.2, 0) is 10.2 Å². The van der Waals surface area contributed by atoms with Crippen molar-refractivity contribution in [3.8, 4) is 6.07 Å². The predicted octanol–water partition coefficient (Wildman–Crippen LogP) is 3.71. The molecule has 5 heteroatoms. The van der Waals surface area contributed by atoms with Gasteiger partial charge in [-0.05, 0) is 38.5 Å². The van der Waals surface area contributed by atoms with Gasteiger partial charge in [-0.15, -0.1) is 0 Å². The second-order valence-corrected chi connectivity index (χ2v) is 8.00. The molecule has 0 aromatic heterocycles. The molecule has 1 aromatic carbocycles. The van der Waals surface area contributed by atoms with Crippen LogP contribution in [0.15, 0.2) is 28.7 Å². The van der Waals surface area contributed by atoms with E-state index in [1.165, 1.54) is 0 Å². The molecular weight excluding hydrogens is 344 g/mol. The third-order valence-electron chi connectivity index (χ3n) is 4.54. The standard InChI is InChI=1S/C17H19BrN2O2/c1-16(2,3)22-15(21)20-8-13-14(9-20)17(13,10-19)11-4-6-12(18)7-5-11/h4-7,13-14H,8-9H2,1-3H3. The molecule has 0 bridgehead atoms. The van der Waals surface area contributed by atoms with E-state index in [4.69, 9.17) is 4.74 Å². The number of carbonyl (C=O) groups is 1. The maximum absolute atomic E-state index is 12.1. The van der Waals surface area contributed by atoms with Crippen molar-refractivity contribution in [2.24, 2.45) is 11.8 Å². The van der Waals surface area contributed by atoms with Crippen molar-refractivity contribution in [2.75, 3.05) is 13.1 Å². The minimum absolute atomic E-state index is 0.214. The molecule has 1 saturated heterocycles. The first kappa shape index (κ1) is 15.4. The van der Waals surface area contributed by atoms with Crippen LogP contribution in [0, 0.1) is 23.2 Å². The molecule has 2 unspecified atom stereocenters. The maximum Gasteiger partial charge on any atom is 0.410 e. The highest BCUT2D eigenvalue weighted by atomic mass is 79.9. The van der Waals surface area contributed by atoms with Crippen LogP contribution in [0.1, 0.15) is 26.3 Å². The van der Waals surface area contributed by atoms with E-state index < -0.39 is 11.0 Å². The van der Waals surface area contributed by atoms with Gasteiger partial charge in [-0.3, -0.25) is 0 Å². The summed E-state index contributed by atoms with van der Waals surface area (Å²) >= 11 is 3.42. The zero-order chi connectivity index (χ0) is 16.1. The van der Waals surface area contributed by atoms with Crippen LogP contribution in [0.3, 0.4) is 0 Å². The Bertz CT molecular complexity index is 630. The number of nitrogens with zero attached hydrogens (tertiary/aromatic N) is 2. The molecular formula is C17H19BrN2O2. The lowest BCUT2D eigenvalue weighted by Gasteiger charge is -2.27. The van der Waals surface area contributed by atoms with E-state index in [-0.39, 0.29) is 17.9 Å². The van der Waals surface area contributed by atoms with Crippen molar-refractivity contribution < 1.29 is 9.53 Å². The van der Waals surface area contributed by atoms with E-state index in [0.717, 1.165) is 10.0 Å². The van der Waals surface area contributed by atoms with Crippen LogP contribution in [0.5, 0.6) is 0 Å². The average Bonchev–Trinajstić information content (AvgIpc) is 2.81. The lowest BCUT2D eigenvalue weighted by molar-refractivity contribution is 0.0266. The Labute approximate surface area is 139 Å². The molecule has 1 saturated carbocycles. The number of benzene rings is 1. The van der Waals surface area contributed by atoms with Gasteiger partial charge < -0.3 is 9.64 Å². The maximum atomic E-state index is 12.1. The minimum Gasteiger partial charge on any atom is -0.444 e. The zero-order valence-electron chi connectivity index (χ0n) is 13.0. The summed E-state index contributed by atoms with van der Waals surface area (Å²) in [5.41, 5.74) is 0.137. The highest BCUT2D eigenvalue weighted by Gasteiger charge is 2.70. The van der Waals surface area contributed by atoms with E-state index in [1.54, 1.807) is 4.90 Å². The number of hydrogen-bond donors (Lipinski definition) is 0. The topological polar surface area (TPSA) is 53.3 Å². The monoisotopic (exact) mass is 362 g/mol. The van der Waals surface area contributed by atoms with Gasteiger partial charge in [-0.1, -0.05) is 28.1 Å². The molecule has 1 heterocycles. The highest BCUT2D eigenvalue weighted by molar-refractivity contribution is 9.10. The zero-order valence-corrected chi connectivity index (χ0v) is 14.6. The number of rotatable bonds is 1. The molecule has 0 radical (unpaired) electrons. The van der Waals surface area contributed by atoms with E-state index in [0.29, 0.717) is 13.1 Å². The number of amides is 1. The largest absolute Gasteiger partial charge is 0.444 e. The van der Waals surface area contributed by atoms with Crippen LogP contribution in [0.25, 0.3) is 0 Å². The minimum atomic E-state index is -0.484. The highest BCUT2D eigenvalue weighted by Crippen LogP contribution is 2.63. The molecule has 1 aliphatic carbocycles.